The van der Waals surface area contributed by atoms with Gasteiger partial charge in [-0.3, -0.25) is 0 Å². The molecule has 5 aromatic carbocycles. The SMILES string of the molecule is Clc1ccc2c(c1)sc1c(-n3c4ccccc4c4cc(-c5ccccc5)ccc43)cccc12. The lowest BCUT2D eigenvalue weighted by atomic mass is 10.0. The summed E-state index contributed by atoms with van der Waals surface area (Å²) in [5.74, 6) is 0. The van der Waals surface area contributed by atoms with Crippen LogP contribution >= 0.6 is 22.9 Å². The van der Waals surface area contributed by atoms with Crippen molar-refractivity contribution in [1.29, 1.82) is 0 Å². The van der Waals surface area contributed by atoms with Crippen LogP contribution < -0.4 is 0 Å². The van der Waals surface area contributed by atoms with Crippen molar-refractivity contribution in [3.05, 3.63) is 114 Å². The van der Waals surface area contributed by atoms with Crippen molar-refractivity contribution >= 4 is 64.9 Å². The molecule has 0 fully saturated rings. The Labute approximate surface area is 200 Å². The lowest BCUT2D eigenvalue weighted by Gasteiger charge is -2.10. The molecule has 0 saturated heterocycles. The highest BCUT2D eigenvalue weighted by Crippen LogP contribution is 2.42. The smallest absolute Gasteiger partial charge is 0.0640 e. The van der Waals surface area contributed by atoms with Gasteiger partial charge in [-0.2, -0.15) is 0 Å². The van der Waals surface area contributed by atoms with Crippen LogP contribution in [-0.2, 0) is 0 Å². The summed E-state index contributed by atoms with van der Waals surface area (Å²) in [5, 5.41) is 5.85. The van der Waals surface area contributed by atoms with Gasteiger partial charge in [0.05, 0.1) is 21.4 Å². The molecule has 7 aromatic rings. The molecule has 2 aromatic heterocycles. The largest absolute Gasteiger partial charge is 0.308 e. The van der Waals surface area contributed by atoms with E-state index in [4.69, 9.17) is 11.6 Å². The summed E-state index contributed by atoms with van der Waals surface area (Å²) in [7, 11) is 0. The summed E-state index contributed by atoms with van der Waals surface area (Å²) in [6.07, 6.45) is 0. The maximum Gasteiger partial charge on any atom is 0.0640 e. The average Bonchev–Trinajstić information content (AvgIpc) is 3.39. The molecule has 0 atom stereocenters. The molecule has 0 radical (unpaired) electrons. The Kier molecular flexibility index (Phi) is 4.14. The van der Waals surface area contributed by atoms with Gasteiger partial charge in [0.25, 0.3) is 0 Å². The van der Waals surface area contributed by atoms with Gasteiger partial charge >= 0.3 is 0 Å². The Morgan fingerprint density at radius 1 is 0.545 bits per heavy atom. The molecule has 0 aliphatic heterocycles. The average molecular weight is 460 g/mol. The fourth-order valence-electron chi connectivity index (χ4n) is 4.98. The van der Waals surface area contributed by atoms with Gasteiger partial charge in [0.2, 0.25) is 0 Å². The Morgan fingerprint density at radius 2 is 1.33 bits per heavy atom. The number of hydrogen-bond acceptors (Lipinski definition) is 1. The Bertz CT molecular complexity index is 1830. The number of aromatic nitrogens is 1. The van der Waals surface area contributed by atoms with Crippen molar-refractivity contribution in [2.24, 2.45) is 0 Å². The highest BCUT2D eigenvalue weighted by Gasteiger charge is 2.16. The molecule has 3 heteroatoms. The third-order valence-electron chi connectivity index (χ3n) is 6.46. The van der Waals surface area contributed by atoms with Crippen LogP contribution in [0.5, 0.6) is 0 Å². The van der Waals surface area contributed by atoms with Crippen molar-refractivity contribution in [1.82, 2.24) is 4.57 Å². The Morgan fingerprint density at radius 3 is 2.24 bits per heavy atom. The first-order valence-corrected chi connectivity index (χ1v) is 12.2. The number of rotatable bonds is 2. The van der Waals surface area contributed by atoms with Crippen LogP contribution in [0.3, 0.4) is 0 Å². The van der Waals surface area contributed by atoms with E-state index in [2.05, 4.69) is 108 Å². The molecular formula is C30H18ClNS. The van der Waals surface area contributed by atoms with E-state index in [9.17, 15) is 0 Å². The first-order valence-electron chi connectivity index (χ1n) is 11.0. The second-order valence-corrected chi connectivity index (χ2v) is 9.84. The van der Waals surface area contributed by atoms with Gasteiger partial charge in [0.1, 0.15) is 0 Å². The molecule has 0 spiro atoms. The normalized spacial score (nSPS) is 11.8. The molecule has 0 aliphatic carbocycles. The van der Waals surface area contributed by atoms with Crippen molar-refractivity contribution in [3.8, 4) is 16.8 Å². The summed E-state index contributed by atoms with van der Waals surface area (Å²) in [6, 6.07) is 38.9. The monoisotopic (exact) mass is 459 g/mol. The number of fused-ring (bicyclic) bond motifs is 6. The van der Waals surface area contributed by atoms with Gasteiger partial charge < -0.3 is 4.57 Å². The fraction of sp³-hybridized carbons (Fsp3) is 0. The van der Waals surface area contributed by atoms with E-state index in [0.29, 0.717) is 0 Å². The molecule has 2 heterocycles. The van der Waals surface area contributed by atoms with E-state index in [1.807, 2.05) is 17.4 Å². The van der Waals surface area contributed by atoms with Crippen LogP contribution in [0.1, 0.15) is 0 Å². The summed E-state index contributed by atoms with van der Waals surface area (Å²) in [4.78, 5) is 0. The molecule has 7 rings (SSSR count). The summed E-state index contributed by atoms with van der Waals surface area (Å²) < 4.78 is 4.92. The van der Waals surface area contributed by atoms with E-state index >= 15 is 0 Å². The van der Waals surface area contributed by atoms with Crippen LogP contribution in [0.2, 0.25) is 5.02 Å². The zero-order valence-corrected chi connectivity index (χ0v) is 19.2. The van der Waals surface area contributed by atoms with Gasteiger partial charge in [-0.25, -0.2) is 0 Å². The first-order chi connectivity index (χ1) is 16.3. The first kappa shape index (κ1) is 18.9. The second-order valence-electron chi connectivity index (χ2n) is 8.35. The van der Waals surface area contributed by atoms with Crippen LogP contribution in [0, 0.1) is 0 Å². The van der Waals surface area contributed by atoms with Gasteiger partial charge in [0, 0.05) is 31.3 Å². The van der Waals surface area contributed by atoms with Crippen LogP contribution in [0.4, 0.5) is 0 Å². The minimum atomic E-state index is 0.779. The summed E-state index contributed by atoms with van der Waals surface area (Å²) in [6.45, 7) is 0. The summed E-state index contributed by atoms with van der Waals surface area (Å²) in [5.41, 5.74) is 6.13. The predicted octanol–water partition coefficient (Wildman–Crippen LogP) is 9.47. The number of thiophene rings is 1. The number of para-hydroxylation sites is 1. The number of benzene rings is 5. The van der Waals surface area contributed by atoms with E-state index in [-0.39, 0.29) is 0 Å². The third kappa shape index (κ3) is 2.85. The van der Waals surface area contributed by atoms with E-state index in [1.54, 1.807) is 0 Å². The van der Waals surface area contributed by atoms with Crippen molar-refractivity contribution in [2.45, 2.75) is 0 Å². The maximum absolute atomic E-state index is 6.31. The highest BCUT2D eigenvalue weighted by molar-refractivity contribution is 7.26. The highest BCUT2D eigenvalue weighted by atomic mass is 35.5. The maximum atomic E-state index is 6.31. The minimum Gasteiger partial charge on any atom is -0.308 e. The van der Waals surface area contributed by atoms with Gasteiger partial charge in [-0.05, 0) is 47.5 Å². The quantitative estimate of drug-likeness (QED) is 0.242. The van der Waals surface area contributed by atoms with E-state index < -0.39 is 0 Å². The third-order valence-corrected chi connectivity index (χ3v) is 7.89. The summed E-state index contributed by atoms with van der Waals surface area (Å²) >= 11 is 8.12. The second kappa shape index (κ2) is 7.21. The molecule has 0 unspecified atom stereocenters. The predicted molar refractivity (Wildman–Crippen MR) is 144 cm³/mol. The topological polar surface area (TPSA) is 4.93 Å². The van der Waals surface area contributed by atoms with Crippen molar-refractivity contribution in [3.63, 3.8) is 0 Å². The molecule has 156 valence electrons. The van der Waals surface area contributed by atoms with Gasteiger partial charge in [-0.1, -0.05) is 84.4 Å². The van der Waals surface area contributed by atoms with Gasteiger partial charge in [0.15, 0.2) is 0 Å². The minimum absolute atomic E-state index is 0.779. The fourth-order valence-corrected chi connectivity index (χ4v) is 6.46. The Balaban J connectivity index is 1.58. The molecule has 0 bridgehead atoms. The molecule has 0 N–H and O–H groups in total. The zero-order chi connectivity index (χ0) is 21.9. The molecule has 0 saturated carbocycles. The van der Waals surface area contributed by atoms with Crippen molar-refractivity contribution < 1.29 is 0 Å². The van der Waals surface area contributed by atoms with E-state index in [1.165, 1.54) is 58.8 Å². The number of hydrogen-bond donors (Lipinski definition) is 0. The van der Waals surface area contributed by atoms with Crippen LogP contribution in [0.25, 0.3) is 58.8 Å². The number of nitrogens with zero attached hydrogens (tertiary/aromatic N) is 1. The van der Waals surface area contributed by atoms with Crippen molar-refractivity contribution in [2.75, 3.05) is 0 Å². The molecule has 0 aliphatic rings. The molecule has 1 nitrogen and oxygen atoms in total. The zero-order valence-electron chi connectivity index (χ0n) is 17.6. The van der Waals surface area contributed by atoms with E-state index in [0.717, 1.165) is 5.02 Å². The Hall–Kier alpha value is -3.59. The molecular weight excluding hydrogens is 442 g/mol. The van der Waals surface area contributed by atoms with Gasteiger partial charge in [-0.15, -0.1) is 11.3 Å². The molecule has 0 amide bonds. The number of halogens is 1. The van der Waals surface area contributed by atoms with Crippen LogP contribution in [-0.4, -0.2) is 4.57 Å². The van der Waals surface area contributed by atoms with Crippen LogP contribution in [0.15, 0.2) is 109 Å². The lowest BCUT2D eigenvalue weighted by Crippen LogP contribution is -1.93. The standard InChI is InChI=1S/C30H18ClNS/c31-21-14-15-23-24-10-6-12-28(30(24)33-29(23)18-21)32-26-11-5-4-9-22(26)25-17-20(13-16-27(25)32)19-7-2-1-3-8-19/h1-18H. The molecule has 33 heavy (non-hydrogen) atoms. The lowest BCUT2D eigenvalue weighted by molar-refractivity contribution is 1.20.